The van der Waals surface area contributed by atoms with Crippen LogP contribution in [0.4, 0.5) is 0 Å². The van der Waals surface area contributed by atoms with Crippen LogP contribution in [0.2, 0.25) is 0 Å². The van der Waals surface area contributed by atoms with Crippen molar-refractivity contribution in [3.63, 3.8) is 0 Å². The monoisotopic (exact) mass is 827 g/mol. The summed E-state index contributed by atoms with van der Waals surface area (Å²) in [6.45, 7) is 0. The molecule has 5 nitrogen and oxygen atoms in total. The van der Waals surface area contributed by atoms with Crippen LogP contribution in [0.3, 0.4) is 0 Å². The number of rotatable bonds is 5. The molecule has 0 amide bonds. The normalized spacial score (nSPS) is 12.0. The van der Waals surface area contributed by atoms with Gasteiger partial charge in [0.25, 0.3) is 0 Å². The van der Waals surface area contributed by atoms with Gasteiger partial charge in [-0.15, -0.1) is 0 Å². The van der Waals surface area contributed by atoms with Crippen LogP contribution in [0.15, 0.2) is 224 Å². The van der Waals surface area contributed by atoms with Crippen LogP contribution in [-0.4, -0.2) is 23.7 Å². The minimum absolute atomic E-state index is 0.642. The molecule has 4 heterocycles. The molecule has 14 rings (SSSR count). The van der Waals surface area contributed by atoms with E-state index < -0.39 is 0 Å². The Labute approximate surface area is 373 Å². The Morgan fingerprint density at radius 3 is 1.57 bits per heavy atom. The van der Waals surface area contributed by atoms with E-state index in [1.54, 1.807) is 0 Å². The topological polar surface area (TPSA) is 40.6 Å². The number of hydrogen-bond donors (Lipinski definition) is 0. The Hall–Kier alpha value is -8.80. The maximum Gasteiger partial charge on any atom is 0.235 e. The van der Waals surface area contributed by atoms with E-state index in [0.717, 1.165) is 66.4 Å². The highest BCUT2D eigenvalue weighted by Gasteiger charge is 2.23. The van der Waals surface area contributed by atoms with Crippen LogP contribution in [0.1, 0.15) is 0 Å². The van der Waals surface area contributed by atoms with Gasteiger partial charge in [0, 0.05) is 54.6 Å². The second kappa shape index (κ2) is 13.9. The summed E-state index contributed by atoms with van der Waals surface area (Å²) in [6.07, 6.45) is 0. The lowest BCUT2D eigenvalue weighted by Crippen LogP contribution is -2.04. The van der Waals surface area contributed by atoms with E-state index in [2.05, 4.69) is 238 Å². The van der Waals surface area contributed by atoms with Crippen molar-refractivity contribution >= 4 is 87.1 Å². The highest BCUT2D eigenvalue weighted by molar-refractivity contribution is 6.29. The number of para-hydroxylation sites is 4. The van der Waals surface area contributed by atoms with Gasteiger partial charge >= 0.3 is 0 Å². The highest BCUT2D eigenvalue weighted by Crippen LogP contribution is 2.44. The predicted octanol–water partition coefficient (Wildman–Crippen LogP) is 15.4. The van der Waals surface area contributed by atoms with E-state index in [1.165, 1.54) is 54.5 Å². The predicted molar refractivity (Wildman–Crippen MR) is 271 cm³/mol. The van der Waals surface area contributed by atoms with E-state index in [0.29, 0.717) is 5.95 Å². The molecule has 0 unspecified atom stereocenters. The Bertz CT molecular complexity index is 4240. The fraction of sp³-hybridized carbons (Fsp3) is 0. The Morgan fingerprint density at radius 2 is 0.831 bits per heavy atom. The van der Waals surface area contributed by atoms with Crippen LogP contribution in [-0.2, 0) is 0 Å². The van der Waals surface area contributed by atoms with Crippen LogP contribution < -0.4 is 0 Å². The molecule has 4 aromatic heterocycles. The minimum Gasteiger partial charge on any atom is -0.309 e. The average Bonchev–Trinajstić information content (AvgIpc) is 4.01. The molecule has 65 heavy (non-hydrogen) atoms. The maximum atomic E-state index is 5.51. The van der Waals surface area contributed by atoms with Gasteiger partial charge in [0.1, 0.15) is 0 Å². The number of hydrogen-bond acceptors (Lipinski definition) is 2. The van der Waals surface area contributed by atoms with Gasteiger partial charge in [-0.3, -0.25) is 4.57 Å². The first-order chi connectivity index (χ1) is 32.3. The largest absolute Gasteiger partial charge is 0.309 e. The Morgan fingerprint density at radius 1 is 0.292 bits per heavy atom. The molecular weight excluding hydrogens is 791 g/mol. The van der Waals surface area contributed by atoms with Crippen molar-refractivity contribution in [2.24, 2.45) is 0 Å². The zero-order chi connectivity index (χ0) is 42.6. The number of aromatic nitrogens is 5. The van der Waals surface area contributed by atoms with Gasteiger partial charge in [-0.25, -0.2) is 9.97 Å². The fourth-order valence-electron chi connectivity index (χ4n) is 10.6. The van der Waals surface area contributed by atoms with Gasteiger partial charge in [-0.05, 0) is 82.6 Å². The van der Waals surface area contributed by atoms with Gasteiger partial charge in [-0.1, -0.05) is 164 Å². The second-order valence-electron chi connectivity index (χ2n) is 16.9. The van der Waals surface area contributed by atoms with Crippen molar-refractivity contribution in [3.8, 4) is 39.7 Å². The lowest BCUT2D eigenvalue weighted by atomic mass is 9.99. The molecule has 0 aliphatic heterocycles. The second-order valence-corrected chi connectivity index (χ2v) is 16.9. The van der Waals surface area contributed by atoms with Gasteiger partial charge in [0.2, 0.25) is 5.95 Å². The summed E-state index contributed by atoms with van der Waals surface area (Å²) >= 11 is 0. The third-order valence-electron chi connectivity index (χ3n) is 13.4. The maximum absolute atomic E-state index is 5.51. The first kappa shape index (κ1) is 35.8. The Kier molecular flexibility index (Phi) is 7.62. The van der Waals surface area contributed by atoms with E-state index >= 15 is 0 Å². The van der Waals surface area contributed by atoms with Crippen LogP contribution >= 0.6 is 0 Å². The van der Waals surface area contributed by atoms with E-state index in [-0.39, 0.29) is 0 Å². The summed E-state index contributed by atoms with van der Waals surface area (Å²) in [7, 11) is 0. The summed E-state index contributed by atoms with van der Waals surface area (Å²) in [5, 5.41) is 10.6. The molecule has 0 fully saturated rings. The van der Waals surface area contributed by atoms with Gasteiger partial charge in [-0.2, -0.15) is 0 Å². The molecule has 0 saturated carbocycles. The summed E-state index contributed by atoms with van der Waals surface area (Å²) in [5.41, 5.74) is 14.3. The molecule has 302 valence electrons. The van der Waals surface area contributed by atoms with Crippen molar-refractivity contribution in [2.45, 2.75) is 0 Å². The molecule has 0 aliphatic rings. The SMILES string of the molecule is c1ccc(-c2cccc(-n3c4ccccc4c4c5c6ccccc6n(-c6ccc7c8ccccc8n(-c8nc(-c9cccc%10ccccc9%10)c9ccccc9n8)c7c6)c5ccc43)c2)cc1. The molecule has 0 radical (unpaired) electrons. The van der Waals surface area contributed by atoms with E-state index in [4.69, 9.17) is 9.97 Å². The number of fused-ring (bicyclic) bond motifs is 12. The van der Waals surface area contributed by atoms with Crippen molar-refractivity contribution in [1.29, 1.82) is 0 Å². The van der Waals surface area contributed by atoms with Crippen LogP contribution in [0.5, 0.6) is 0 Å². The minimum atomic E-state index is 0.642. The van der Waals surface area contributed by atoms with Crippen LogP contribution in [0.25, 0.3) is 127 Å². The smallest absolute Gasteiger partial charge is 0.235 e. The third-order valence-corrected chi connectivity index (χ3v) is 13.4. The lowest BCUT2D eigenvalue weighted by molar-refractivity contribution is 1.01. The summed E-state index contributed by atoms with van der Waals surface area (Å²) in [6, 6.07) is 80.8. The summed E-state index contributed by atoms with van der Waals surface area (Å²) in [4.78, 5) is 10.8. The zero-order valence-corrected chi connectivity index (χ0v) is 35.1. The van der Waals surface area contributed by atoms with Gasteiger partial charge in [0.05, 0.1) is 44.3 Å². The van der Waals surface area contributed by atoms with Crippen molar-refractivity contribution in [1.82, 2.24) is 23.7 Å². The standard InChI is InChI=1S/C60H37N5/c1-2-16-38(17-3-1)40-20-14-21-41(36-40)63-52-30-12-8-25-48(52)57-54(63)34-35-55-58(57)49-26-9-13-31-53(49)64(55)42-32-33-45-44-23-7-11-29-51(44)65(56(45)37-42)60-61-50-28-10-6-24-47(50)59(62-60)46-27-15-19-39-18-4-5-22-43(39)46/h1-37H. The molecule has 10 aromatic carbocycles. The first-order valence-electron chi connectivity index (χ1n) is 22.2. The molecule has 14 aromatic rings. The zero-order valence-electron chi connectivity index (χ0n) is 35.1. The average molecular weight is 828 g/mol. The fourth-order valence-corrected chi connectivity index (χ4v) is 10.6. The van der Waals surface area contributed by atoms with Crippen molar-refractivity contribution in [2.75, 3.05) is 0 Å². The number of benzene rings is 10. The van der Waals surface area contributed by atoms with E-state index in [1.807, 2.05) is 0 Å². The third kappa shape index (κ3) is 5.27. The Balaban J connectivity index is 1.03. The molecule has 0 N–H and O–H groups in total. The van der Waals surface area contributed by atoms with Gasteiger partial charge < -0.3 is 9.13 Å². The molecule has 0 atom stereocenters. The first-order valence-corrected chi connectivity index (χ1v) is 22.2. The van der Waals surface area contributed by atoms with Gasteiger partial charge in [0.15, 0.2) is 0 Å². The summed E-state index contributed by atoms with van der Waals surface area (Å²) in [5.74, 6) is 0.642. The lowest BCUT2D eigenvalue weighted by Gasteiger charge is -2.14. The highest BCUT2D eigenvalue weighted by atomic mass is 15.2. The molecule has 0 bridgehead atoms. The molecule has 5 heteroatoms. The quantitative estimate of drug-likeness (QED) is 0.173. The molecule has 0 aliphatic carbocycles. The van der Waals surface area contributed by atoms with Crippen LogP contribution in [0, 0.1) is 0 Å². The number of nitrogens with zero attached hydrogens (tertiary/aromatic N) is 5. The molecular formula is C60H37N5. The molecule has 0 spiro atoms. The van der Waals surface area contributed by atoms with E-state index in [9.17, 15) is 0 Å². The molecule has 0 saturated heterocycles. The van der Waals surface area contributed by atoms with Crippen molar-refractivity contribution in [3.05, 3.63) is 224 Å². The summed E-state index contributed by atoms with van der Waals surface area (Å²) < 4.78 is 7.14. The van der Waals surface area contributed by atoms with Crippen molar-refractivity contribution < 1.29 is 0 Å².